The molecule has 2 aromatic heterocycles. The second kappa shape index (κ2) is 8.80. The number of aryl methyl sites for hydroxylation is 1. The Labute approximate surface area is 166 Å². The van der Waals surface area contributed by atoms with Crippen LogP contribution in [0.1, 0.15) is 17.0 Å². The average Bonchev–Trinajstić information content (AvgIpc) is 2.74. The molecule has 28 heavy (non-hydrogen) atoms. The summed E-state index contributed by atoms with van der Waals surface area (Å²) < 4.78 is 0. The molecular formula is C22H26N6. The number of nitrogens with one attached hydrogen (secondary N) is 1. The fraction of sp³-hybridized carbons (Fsp3) is 0.318. The summed E-state index contributed by atoms with van der Waals surface area (Å²) in [7, 11) is 0. The number of aromatic nitrogens is 3. The maximum atomic E-state index is 4.74. The Bertz CT molecular complexity index is 876. The number of hydrogen-bond acceptors (Lipinski definition) is 6. The van der Waals surface area contributed by atoms with E-state index in [1.54, 1.807) is 6.20 Å². The van der Waals surface area contributed by atoms with E-state index in [1.165, 1.54) is 5.56 Å². The fourth-order valence-electron chi connectivity index (χ4n) is 3.44. The van der Waals surface area contributed by atoms with E-state index in [0.29, 0.717) is 12.5 Å². The van der Waals surface area contributed by atoms with Gasteiger partial charge in [-0.25, -0.2) is 4.98 Å². The molecule has 3 heterocycles. The molecule has 144 valence electrons. The average molecular weight is 374 g/mol. The number of piperazine rings is 1. The minimum Gasteiger partial charge on any atom is -0.354 e. The number of pyridine rings is 1. The van der Waals surface area contributed by atoms with Gasteiger partial charge in [-0.05, 0) is 24.6 Å². The summed E-state index contributed by atoms with van der Waals surface area (Å²) in [5.74, 6) is 1.66. The maximum Gasteiger partial charge on any atom is 0.225 e. The maximum absolute atomic E-state index is 4.74. The first-order valence-corrected chi connectivity index (χ1v) is 9.77. The van der Waals surface area contributed by atoms with E-state index >= 15 is 0 Å². The van der Waals surface area contributed by atoms with Crippen LogP contribution in [-0.2, 0) is 13.1 Å². The second-order valence-electron chi connectivity index (χ2n) is 7.11. The molecule has 0 aliphatic carbocycles. The van der Waals surface area contributed by atoms with Gasteiger partial charge in [0.25, 0.3) is 0 Å². The molecule has 1 aromatic carbocycles. The van der Waals surface area contributed by atoms with Crippen molar-refractivity contribution in [1.82, 2.24) is 19.9 Å². The van der Waals surface area contributed by atoms with Crippen molar-refractivity contribution in [3.05, 3.63) is 77.7 Å². The van der Waals surface area contributed by atoms with Gasteiger partial charge in [-0.1, -0.05) is 36.4 Å². The molecule has 3 aromatic rings. The molecule has 1 aliphatic heterocycles. The lowest BCUT2D eigenvalue weighted by atomic mass is 10.2. The van der Waals surface area contributed by atoms with Gasteiger partial charge in [0.05, 0.1) is 12.2 Å². The Morgan fingerprint density at radius 2 is 1.71 bits per heavy atom. The van der Waals surface area contributed by atoms with Crippen molar-refractivity contribution in [1.29, 1.82) is 0 Å². The normalized spacial score (nSPS) is 14.8. The Morgan fingerprint density at radius 1 is 0.929 bits per heavy atom. The van der Waals surface area contributed by atoms with Crippen molar-refractivity contribution in [3.63, 3.8) is 0 Å². The van der Waals surface area contributed by atoms with E-state index in [1.807, 2.05) is 25.1 Å². The first-order chi connectivity index (χ1) is 13.8. The highest BCUT2D eigenvalue weighted by molar-refractivity contribution is 5.45. The Hall–Kier alpha value is -2.99. The molecule has 6 heteroatoms. The van der Waals surface area contributed by atoms with Crippen LogP contribution in [0, 0.1) is 6.92 Å². The third-order valence-electron chi connectivity index (χ3n) is 4.94. The van der Waals surface area contributed by atoms with Crippen molar-refractivity contribution in [3.8, 4) is 0 Å². The molecule has 0 unspecified atom stereocenters. The van der Waals surface area contributed by atoms with E-state index in [-0.39, 0.29) is 0 Å². The molecule has 4 rings (SSSR count). The predicted octanol–water partition coefficient (Wildman–Crippen LogP) is 3.11. The molecule has 0 saturated carbocycles. The van der Waals surface area contributed by atoms with E-state index in [2.05, 4.69) is 61.5 Å². The van der Waals surface area contributed by atoms with Gasteiger partial charge in [-0.15, -0.1) is 0 Å². The molecule has 1 aliphatic rings. The largest absolute Gasteiger partial charge is 0.354 e. The fourth-order valence-corrected chi connectivity index (χ4v) is 3.44. The van der Waals surface area contributed by atoms with Gasteiger partial charge in [0, 0.05) is 50.7 Å². The van der Waals surface area contributed by atoms with Gasteiger partial charge in [0.2, 0.25) is 5.95 Å². The summed E-state index contributed by atoms with van der Waals surface area (Å²) >= 11 is 0. The lowest BCUT2D eigenvalue weighted by molar-refractivity contribution is 0.249. The van der Waals surface area contributed by atoms with E-state index in [9.17, 15) is 0 Å². The molecule has 1 saturated heterocycles. The van der Waals surface area contributed by atoms with Crippen molar-refractivity contribution in [2.45, 2.75) is 20.0 Å². The molecule has 0 bridgehead atoms. The molecule has 6 nitrogen and oxygen atoms in total. The van der Waals surface area contributed by atoms with Crippen LogP contribution >= 0.6 is 0 Å². The molecule has 0 atom stereocenters. The van der Waals surface area contributed by atoms with Crippen LogP contribution in [0.5, 0.6) is 0 Å². The van der Waals surface area contributed by atoms with Gasteiger partial charge < -0.3 is 10.2 Å². The highest BCUT2D eigenvalue weighted by Gasteiger charge is 2.19. The first-order valence-electron chi connectivity index (χ1n) is 9.77. The zero-order chi connectivity index (χ0) is 19.2. The zero-order valence-corrected chi connectivity index (χ0v) is 16.3. The predicted molar refractivity (Wildman–Crippen MR) is 112 cm³/mol. The van der Waals surface area contributed by atoms with Gasteiger partial charge >= 0.3 is 0 Å². The molecular weight excluding hydrogens is 348 g/mol. The Morgan fingerprint density at radius 3 is 2.46 bits per heavy atom. The second-order valence-corrected chi connectivity index (χ2v) is 7.11. The number of rotatable bonds is 6. The van der Waals surface area contributed by atoms with Gasteiger partial charge in [0.15, 0.2) is 0 Å². The zero-order valence-electron chi connectivity index (χ0n) is 16.3. The van der Waals surface area contributed by atoms with Crippen LogP contribution in [0.15, 0.2) is 60.8 Å². The van der Waals surface area contributed by atoms with Gasteiger partial charge in [0.1, 0.15) is 5.82 Å². The summed E-state index contributed by atoms with van der Waals surface area (Å²) in [6.07, 6.45) is 1.80. The van der Waals surface area contributed by atoms with E-state index in [0.717, 1.165) is 49.9 Å². The summed E-state index contributed by atoms with van der Waals surface area (Å²) in [4.78, 5) is 18.5. The van der Waals surface area contributed by atoms with Crippen LogP contribution in [0.4, 0.5) is 11.8 Å². The molecule has 0 radical (unpaired) electrons. The topological polar surface area (TPSA) is 57.2 Å². The SMILES string of the molecule is Cc1cc(N2CCN(Cc3ccccc3)CC2)nc(NCc2ccccn2)n1. The Kier molecular flexibility index (Phi) is 5.77. The lowest BCUT2D eigenvalue weighted by Gasteiger charge is -2.35. The summed E-state index contributed by atoms with van der Waals surface area (Å²) in [5, 5.41) is 3.30. The van der Waals surface area contributed by atoms with Crippen LogP contribution < -0.4 is 10.2 Å². The Balaban J connectivity index is 1.36. The van der Waals surface area contributed by atoms with Crippen LogP contribution in [0.3, 0.4) is 0 Å². The molecule has 1 fully saturated rings. The van der Waals surface area contributed by atoms with Gasteiger partial charge in [-0.3, -0.25) is 9.88 Å². The van der Waals surface area contributed by atoms with Crippen molar-refractivity contribution >= 4 is 11.8 Å². The minimum absolute atomic E-state index is 0.620. The van der Waals surface area contributed by atoms with Crippen LogP contribution in [-0.4, -0.2) is 46.0 Å². The number of hydrogen-bond donors (Lipinski definition) is 1. The standard InChI is InChI=1S/C22H26N6/c1-18-15-21(26-22(25-18)24-16-20-9-5-6-10-23-20)28-13-11-27(12-14-28)17-19-7-3-2-4-8-19/h2-10,15H,11-14,16-17H2,1H3,(H,24,25,26). The number of nitrogens with zero attached hydrogens (tertiary/aromatic N) is 5. The smallest absolute Gasteiger partial charge is 0.225 e. The quantitative estimate of drug-likeness (QED) is 0.715. The van der Waals surface area contributed by atoms with Crippen molar-refractivity contribution < 1.29 is 0 Å². The summed E-state index contributed by atoms with van der Waals surface area (Å²) in [6.45, 7) is 7.67. The summed E-state index contributed by atoms with van der Waals surface area (Å²) in [6, 6.07) is 18.6. The monoisotopic (exact) mass is 374 g/mol. The van der Waals surface area contributed by atoms with Crippen LogP contribution in [0.25, 0.3) is 0 Å². The number of anilines is 2. The molecule has 1 N–H and O–H groups in total. The van der Waals surface area contributed by atoms with Crippen molar-refractivity contribution in [2.75, 3.05) is 36.4 Å². The third kappa shape index (κ3) is 4.84. The highest BCUT2D eigenvalue weighted by Crippen LogP contribution is 2.18. The molecule has 0 spiro atoms. The first kappa shape index (κ1) is 18.4. The highest BCUT2D eigenvalue weighted by atomic mass is 15.3. The van der Waals surface area contributed by atoms with Gasteiger partial charge in [-0.2, -0.15) is 4.98 Å². The minimum atomic E-state index is 0.620. The molecule has 0 amide bonds. The number of benzene rings is 1. The van der Waals surface area contributed by atoms with E-state index < -0.39 is 0 Å². The van der Waals surface area contributed by atoms with Crippen molar-refractivity contribution in [2.24, 2.45) is 0 Å². The third-order valence-corrected chi connectivity index (χ3v) is 4.94. The van der Waals surface area contributed by atoms with Crippen LogP contribution in [0.2, 0.25) is 0 Å². The van der Waals surface area contributed by atoms with E-state index in [4.69, 9.17) is 4.98 Å². The lowest BCUT2D eigenvalue weighted by Crippen LogP contribution is -2.46. The summed E-state index contributed by atoms with van der Waals surface area (Å²) in [5.41, 5.74) is 3.32.